The average molecular weight is 1080 g/mol. The summed E-state index contributed by atoms with van der Waals surface area (Å²) in [6, 6.07) is 31.1. The molecule has 0 bridgehead atoms. The van der Waals surface area contributed by atoms with E-state index in [0.29, 0.717) is 64.2 Å². The maximum absolute atomic E-state index is 13.9. The van der Waals surface area contributed by atoms with Crippen LogP contribution in [0.25, 0.3) is 21.6 Å². The van der Waals surface area contributed by atoms with E-state index in [-0.39, 0.29) is 75.6 Å². The van der Waals surface area contributed by atoms with Crippen molar-refractivity contribution in [1.29, 1.82) is 0 Å². The monoisotopic (exact) mass is 1080 g/mol. The Morgan fingerprint density at radius 1 is 0.737 bits per heavy atom. The fraction of sp³-hybridized carbons (Fsp3) is 0.431. The molecule has 1 aromatic heterocycles. The highest BCUT2D eigenvalue weighted by atomic mass is 35.5. The van der Waals surface area contributed by atoms with E-state index in [9.17, 15) is 29.4 Å². The smallest absolute Gasteiger partial charge is 0.246 e. The van der Waals surface area contributed by atoms with Crippen molar-refractivity contribution in [1.82, 2.24) is 25.8 Å². The number of hydrogen-bond acceptors (Lipinski definition) is 13. The molecule has 408 valence electrons. The van der Waals surface area contributed by atoms with Gasteiger partial charge in [-0.1, -0.05) is 99.6 Å². The molecule has 76 heavy (non-hydrogen) atoms. The minimum absolute atomic E-state index is 0.0129. The van der Waals surface area contributed by atoms with E-state index in [1.54, 1.807) is 23.5 Å². The molecule has 5 aromatic rings. The normalized spacial score (nSPS) is 15.2. The number of carbonyl (C=O) groups is 4. The van der Waals surface area contributed by atoms with Gasteiger partial charge in [-0.05, 0) is 82.0 Å². The molecule has 4 amide bonds. The van der Waals surface area contributed by atoms with Crippen molar-refractivity contribution in [3.05, 3.63) is 137 Å². The molecule has 1 aliphatic rings. The van der Waals surface area contributed by atoms with E-state index in [0.717, 1.165) is 49.5 Å². The number of phenols is 1. The van der Waals surface area contributed by atoms with Gasteiger partial charge >= 0.3 is 0 Å². The quantitative estimate of drug-likeness (QED) is 0.0172. The summed E-state index contributed by atoms with van der Waals surface area (Å²) in [5, 5.41) is 29.1. The van der Waals surface area contributed by atoms with E-state index >= 15 is 0 Å². The van der Waals surface area contributed by atoms with Crippen molar-refractivity contribution in [2.24, 2.45) is 5.41 Å². The molecular formula is C58H72ClN5O11S. The van der Waals surface area contributed by atoms with E-state index in [4.69, 9.17) is 35.3 Å². The number of amides is 4. The van der Waals surface area contributed by atoms with Crippen molar-refractivity contribution in [2.45, 2.75) is 78.1 Å². The standard InChI is InChI=1S/C58H72ClN5O11S/c1-40-54(76-39-62-40)45-12-10-41(11-13-45)37-61-56(69)50-36-47(66)38-64(50)57(70)55(58(2,3)4)63-52(68)24-28-72-31-33-74-35-34-73-32-30-71-27-23-51(67)60-26-29-75-48-20-16-44(17-21-48)53(43-14-18-46(65)19-15-43)49(22-25-59)42-8-6-5-7-9-42/h5-21,39,47,50,55,65-66H,22-38H2,1-4H3,(H,60,67)(H,61,69)(H,63,68)/t47-,50+,55?/m1/s1. The average Bonchev–Trinajstić information content (AvgIpc) is 4.04. The van der Waals surface area contributed by atoms with Gasteiger partial charge in [-0.2, -0.15) is 0 Å². The number of ether oxygens (including phenoxy) is 5. The summed E-state index contributed by atoms with van der Waals surface area (Å²) in [5.74, 6) is -0.0121. The van der Waals surface area contributed by atoms with E-state index in [2.05, 4.69) is 33.1 Å². The number of aromatic hydroxyl groups is 1. The lowest BCUT2D eigenvalue weighted by Gasteiger charge is -2.35. The summed E-state index contributed by atoms with van der Waals surface area (Å²) in [7, 11) is 0. The lowest BCUT2D eigenvalue weighted by molar-refractivity contribution is -0.144. The maximum Gasteiger partial charge on any atom is 0.246 e. The summed E-state index contributed by atoms with van der Waals surface area (Å²) < 4.78 is 28.2. The maximum atomic E-state index is 13.9. The van der Waals surface area contributed by atoms with Gasteiger partial charge in [-0.15, -0.1) is 22.9 Å². The Labute approximate surface area is 455 Å². The Morgan fingerprint density at radius 2 is 1.33 bits per heavy atom. The Balaban J connectivity index is 0.780. The minimum Gasteiger partial charge on any atom is -0.508 e. The van der Waals surface area contributed by atoms with Crippen LogP contribution in [0.4, 0.5) is 0 Å². The fourth-order valence-corrected chi connectivity index (χ4v) is 9.56. The molecule has 3 atom stereocenters. The number of nitrogens with one attached hydrogen (secondary N) is 3. The number of carbonyl (C=O) groups excluding carboxylic acids is 4. The summed E-state index contributed by atoms with van der Waals surface area (Å²) in [4.78, 5) is 59.6. The number of β-amino-alcohol motifs (C(OH)–C–C–N with tert-alkyl or cyclic N) is 1. The van der Waals surface area contributed by atoms with Crippen molar-refractivity contribution in [3.8, 4) is 21.9 Å². The van der Waals surface area contributed by atoms with Crippen LogP contribution in [-0.2, 0) is 44.7 Å². The molecule has 2 heterocycles. The Hall–Kier alpha value is -6.18. The first-order valence-corrected chi connectivity index (χ1v) is 27.1. The molecule has 6 rings (SSSR count). The van der Waals surface area contributed by atoms with Gasteiger partial charge in [0.25, 0.3) is 0 Å². The van der Waals surface area contributed by atoms with Crippen LogP contribution in [0.1, 0.15) is 74.4 Å². The first-order valence-electron chi connectivity index (χ1n) is 25.7. The van der Waals surface area contributed by atoms with E-state index in [1.807, 2.05) is 112 Å². The van der Waals surface area contributed by atoms with E-state index < -0.39 is 29.5 Å². The van der Waals surface area contributed by atoms with Gasteiger partial charge in [0.05, 0.1) is 81.6 Å². The molecule has 16 nitrogen and oxygen atoms in total. The zero-order chi connectivity index (χ0) is 54.3. The number of aliphatic hydroxyl groups is 1. The molecule has 1 fully saturated rings. The summed E-state index contributed by atoms with van der Waals surface area (Å²) in [6.45, 7) is 10.6. The second kappa shape index (κ2) is 30.5. The number of aliphatic hydroxyl groups excluding tert-OH is 1. The first kappa shape index (κ1) is 59.1. The lowest BCUT2D eigenvalue weighted by Crippen LogP contribution is -2.57. The van der Waals surface area contributed by atoms with Crippen LogP contribution >= 0.6 is 22.9 Å². The summed E-state index contributed by atoms with van der Waals surface area (Å²) >= 11 is 7.86. The topological polar surface area (TPSA) is 207 Å². The van der Waals surface area contributed by atoms with Gasteiger partial charge in [-0.25, -0.2) is 4.98 Å². The van der Waals surface area contributed by atoms with Crippen LogP contribution in [0.5, 0.6) is 11.5 Å². The predicted molar refractivity (Wildman–Crippen MR) is 295 cm³/mol. The molecule has 0 radical (unpaired) electrons. The van der Waals surface area contributed by atoms with Crippen LogP contribution in [0, 0.1) is 12.3 Å². The number of benzene rings is 4. The van der Waals surface area contributed by atoms with Gasteiger partial charge in [-0.3, -0.25) is 19.2 Å². The lowest BCUT2D eigenvalue weighted by atomic mass is 9.85. The number of phenolic OH excluding ortho intramolecular Hbond substituents is 1. The molecule has 1 aliphatic heterocycles. The second-order valence-electron chi connectivity index (χ2n) is 19.3. The third-order valence-corrected chi connectivity index (χ3v) is 13.7. The number of rotatable bonds is 30. The first-order chi connectivity index (χ1) is 36.7. The van der Waals surface area contributed by atoms with Crippen LogP contribution in [0.3, 0.4) is 0 Å². The highest BCUT2D eigenvalue weighted by molar-refractivity contribution is 7.13. The third kappa shape index (κ3) is 18.5. The Morgan fingerprint density at radius 3 is 1.91 bits per heavy atom. The zero-order valence-corrected chi connectivity index (χ0v) is 45.5. The van der Waals surface area contributed by atoms with Crippen LogP contribution in [0.2, 0.25) is 0 Å². The number of thiazole rings is 1. The largest absolute Gasteiger partial charge is 0.508 e. The number of aromatic nitrogens is 1. The van der Waals surface area contributed by atoms with Gasteiger partial charge in [0.2, 0.25) is 23.6 Å². The van der Waals surface area contributed by atoms with Crippen molar-refractivity contribution >= 4 is 57.7 Å². The van der Waals surface area contributed by atoms with Gasteiger partial charge < -0.3 is 54.7 Å². The van der Waals surface area contributed by atoms with Crippen LogP contribution in [-0.4, -0.2) is 140 Å². The molecule has 1 saturated heterocycles. The number of likely N-dealkylation sites (tertiary alicyclic amines) is 1. The van der Waals surface area contributed by atoms with Crippen molar-refractivity contribution in [3.63, 3.8) is 0 Å². The molecule has 18 heteroatoms. The number of aryl methyl sites for hydroxylation is 1. The molecule has 5 N–H and O–H groups in total. The Bertz CT molecular complexity index is 2630. The van der Waals surface area contributed by atoms with Crippen molar-refractivity contribution < 1.29 is 53.1 Å². The van der Waals surface area contributed by atoms with Crippen LogP contribution in [0.15, 0.2) is 109 Å². The van der Waals surface area contributed by atoms with Gasteiger partial charge in [0.1, 0.15) is 30.2 Å². The number of halogens is 1. The number of hydrogen-bond donors (Lipinski definition) is 5. The van der Waals surface area contributed by atoms with Gasteiger partial charge in [0.15, 0.2) is 0 Å². The zero-order valence-electron chi connectivity index (χ0n) is 43.9. The summed E-state index contributed by atoms with van der Waals surface area (Å²) in [6.07, 6.45) is 0.0958. The fourth-order valence-electron chi connectivity index (χ4n) is 8.56. The molecule has 0 aliphatic carbocycles. The molecule has 1 unspecified atom stereocenters. The number of nitrogens with zero attached hydrogens (tertiary/aromatic N) is 2. The Kier molecular flexibility index (Phi) is 23.7. The minimum atomic E-state index is -0.940. The van der Waals surface area contributed by atoms with Crippen LogP contribution < -0.4 is 20.7 Å². The second-order valence-corrected chi connectivity index (χ2v) is 20.6. The van der Waals surface area contributed by atoms with Gasteiger partial charge in [0, 0.05) is 38.2 Å². The van der Waals surface area contributed by atoms with E-state index in [1.165, 1.54) is 4.90 Å². The molecule has 0 saturated carbocycles. The number of allylic oxidation sites excluding steroid dienone is 1. The highest BCUT2D eigenvalue weighted by Crippen LogP contribution is 2.36. The SMILES string of the molecule is Cc1ncsc1-c1ccc(CNC(=O)[C@@H]2C[C@@H](O)CN2C(=O)C(NC(=O)CCOCCOCCOCCOCCC(=O)NCCOc2ccc(C(=C(CCCl)c3ccccc3)c3ccc(O)cc3)cc2)C(C)(C)C)cc1. The summed E-state index contributed by atoms with van der Waals surface area (Å²) in [5.41, 5.74) is 9.16. The predicted octanol–water partition coefficient (Wildman–Crippen LogP) is 7.56. The molecule has 4 aromatic carbocycles. The molecule has 0 spiro atoms. The number of alkyl halides is 1. The third-order valence-electron chi connectivity index (χ3n) is 12.5. The van der Waals surface area contributed by atoms with Crippen molar-refractivity contribution in [2.75, 3.05) is 78.4 Å². The highest BCUT2D eigenvalue weighted by Gasteiger charge is 2.44. The molecular weight excluding hydrogens is 1010 g/mol.